The van der Waals surface area contributed by atoms with Crippen molar-refractivity contribution in [1.29, 1.82) is 0 Å². The Morgan fingerprint density at radius 2 is 1.73 bits per heavy atom. The van der Waals surface area contributed by atoms with Crippen LogP contribution in [0, 0.1) is 10.7 Å². The first-order chi connectivity index (χ1) is 12.5. The number of imidazole rings is 1. The normalized spacial score (nSPS) is 15.8. The van der Waals surface area contributed by atoms with Crippen LogP contribution in [0.2, 0.25) is 0 Å². The molecule has 2 amide bonds. The van der Waals surface area contributed by atoms with E-state index in [2.05, 4.69) is 4.98 Å². The molecule has 1 fully saturated rings. The highest BCUT2D eigenvalue weighted by Gasteiger charge is 2.26. The summed E-state index contributed by atoms with van der Waals surface area (Å²) in [6, 6.07) is 7.42. The molecule has 0 aliphatic carbocycles. The van der Waals surface area contributed by atoms with Gasteiger partial charge in [0.05, 0.1) is 0 Å². The Morgan fingerprint density at radius 3 is 2.27 bits per heavy atom. The van der Waals surface area contributed by atoms with Crippen molar-refractivity contribution in [2.24, 2.45) is 5.92 Å². The molecule has 2 heterocycles. The van der Waals surface area contributed by atoms with Gasteiger partial charge in [-0.2, -0.15) is 0 Å². The fourth-order valence-corrected chi connectivity index (χ4v) is 3.32. The summed E-state index contributed by atoms with van der Waals surface area (Å²) < 4.78 is 2.47. The number of nitrogens with zero attached hydrogens (tertiary/aromatic N) is 3. The molecule has 7 heteroatoms. The quantitative estimate of drug-likeness (QED) is 0.840. The monoisotopic (exact) mass is 372 g/mol. The first-order valence-corrected chi connectivity index (χ1v) is 9.36. The SMILES string of the molecule is CCC(C)C(=O)N1CCN(C(=O)c2ccc(-n3cc[nH]c3=S)cc2)CC1. The maximum atomic E-state index is 12.7. The van der Waals surface area contributed by atoms with Crippen molar-refractivity contribution in [1.82, 2.24) is 19.4 Å². The van der Waals surface area contributed by atoms with E-state index in [1.165, 1.54) is 0 Å². The van der Waals surface area contributed by atoms with Crippen LogP contribution in [0.15, 0.2) is 36.7 Å². The van der Waals surface area contributed by atoms with Gasteiger partial charge in [0.1, 0.15) is 0 Å². The lowest BCUT2D eigenvalue weighted by atomic mass is 10.1. The van der Waals surface area contributed by atoms with Gasteiger partial charge in [0.15, 0.2) is 4.77 Å². The maximum absolute atomic E-state index is 12.7. The number of carbonyl (C=O) groups excluding carboxylic acids is 2. The largest absolute Gasteiger partial charge is 0.339 e. The zero-order chi connectivity index (χ0) is 18.7. The minimum atomic E-state index is 0.00449. The molecule has 0 saturated carbocycles. The predicted octanol–water partition coefficient (Wildman–Crippen LogP) is 2.87. The molecular weight excluding hydrogens is 348 g/mol. The van der Waals surface area contributed by atoms with Gasteiger partial charge in [0.2, 0.25) is 5.91 Å². The van der Waals surface area contributed by atoms with E-state index < -0.39 is 0 Å². The van der Waals surface area contributed by atoms with E-state index in [0.717, 1.165) is 12.1 Å². The summed E-state index contributed by atoms with van der Waals surface area (Å²) in [5, 5.41) is 0. The Kier molecular flexibility index (Phi) is 5.56. The lowest BCUT2D eigenvalue weighted by Crippen LogP contribution is -2.51. The topological polar surface area (TPSA) is 61.3 Å². The molecule has 0 radical (unpaired) electrons. The Balaban J connectivity index is 1.63. The third kappa shape index (κ3) is 3.72. The number of aromatic amines is 1. The third-order valence-electron chi connectivity index (χ3n) is 4.95. The molecule has 6 nitrogen and oxygen atoms in total. The molecule has 0 bridgehead atoms. The Hall–Kier alpha value is -2.41. The highest BCUT2D eigenvalue weighted by Crippen LogP contribution is 2.15. The second-order valence-electron chi connectivity index (χ2n) is 6.61. The van der Waals surface area contributed by atoms with Gasteiger partial charge in [-0.25, -0.2) is 0 Å². The fraction of sp³-hybridized carbons (Fsp3) is 0.421. The van der Waals surface area contributed by atoms with Crippen molar-refractivity contribution in [3.63, 3.8) is 0 Å². The summed E-state index contributed by atoms with van der Waals surface area (Å²) in [7, 11) is 0. The van der Waals surface area contributed by atoms with Crippen LogP contribution in [-0.4, -0.2) is 57.3 Å². The van der Waals surface area contributed by atoms with Crippen molar-refractivity contribution in [2.75, 3.05) is 26.2 Å². The summed E-state index contributed by atoms with van der Waals surface area (Å²) in [6.45, 7) is 6.33. The molecule has 2 aromatic rings. The number of carbonyl (C=O) groups is 2. The lowest BCUT2D eigenvalue weighted by Gasteiger charge is -2.36. The van der Waals surface area contributed by atoms with E-state index in [4.69, 9.17) is 12.2 Å². The summed E-state index contributed by atoms with van der Waals surface area (Å²) in [6.07, 6.45) is 4.48. The first kappa shape index (κ1) is 18.4. The lowest BCUT2D eigenvalue weighted by molar-refractivity contribution is -0.136. The van der Waals surface area contributed by atoms with Gasteiger partial charge in [0, 0.05) is 55.7 Å². The molecule has 0 spiro atoms. The summed E-state index contributed by atoms with van der Waals surface area (Å²) in [4.78, 5) is 31.6. The van der Waals surface area contributed by atoms with Gasteiger partial charge in [-0.05, 0) is 42.9 Å². The molecule has 26 heavy (non-hydrogen) atoms. The van der Waals surface area contributed by atoms with Gasteiger partial charge in [-0.3, -0.25) is 14.2 Å². The van der Waals surface area contributed by atoms with Crippen LogP contribution >= 0.6 is 12.2 Å². The molecule has 3 rings (SSSR count). The number of piperazine rings is 1. The van der Waals surface area contributed by atoms with Gasteiger partial charge in [-0.1, -0.05) is 13.8 Å². The number of nitrogens with one attached hydrogen (secondary N) is 1. The highest BCUT2D eigenvalue weighted by molar-refractivity contribution is 7.71. The summed E-state index contributed by atoms with van der Waals surface area (Å²) in [5.74, 6) is 0.238. The second-order valence-corrected chi connectivity index (χ2v) is 7.00. The average molecular weight is 372 g/mol. The molecule has 1 saturated heterocycles. The van der Waals surface area contributed by atoms with E-state index in [9.17, 15) is 9.59 Å². The van der Waals surface area contributed by atoms with Crippen molar-refractivity contribution in [3.05, 3.63) is 47.0 Å². The molecule has 1 N–H and O–H groups in total. The van der Waals surface area contributed by atoms with E-state index in [1.54, 1.807) is 6.20 Å². The molecule has 1 aliphatic heterocycles. The number of aromatic nitrogens is 2. The number of hydrogen-bond acceptors (Lipinski definition) is 3. The van der Waals surface area contributed by atoms with Crippen molar-refractivity contribution >= 4 is 24.0 Å². The molecule has 1 aromatic carbocycles. The number of amides is 2. The zero-order valence-corrected chi connectivity index (χ0v) is 16.0. The number of hydrogen-bond donors (Lipinski definition) is 1. The van der Waals surface area contributed by atoms with Crippen LogP contribution in [0.5, 0.6) is 0 Å². The summed E-state index contributed by atoms with van der Waals surface area (Å²) >= 11 is 5.21. The smallest absolute Gasteiger partial charge is 0.253 e. The second kappa shape index (κ2) is 7.86. The first-order valence-electron chi connectivity index (χ1n) is 8.95. The molecule has 1 unspecified atom stereocenters. The van der Waals surface area contributed by atoms with Crippen LogP contribution in [0.4, 0.5) is 0 Å². The molecule has 1 atom stereocenters. The van der Waals surface area contributed by atoms with Crippen molar-refractivity contribution in [3.8, 4) is 5.69 Å². The summed E-state index contributed by atoms with van der Waals surface area (Å²) in [5.41, 5.74) is 1.56. The maximum Gasteiger partial charge on any atom is 0.253 e. The van der Waals surface area contributed by atoms with Gasteiger partial charge >= 0.3 is 0 Å². The average Bonchev–Trinajstić information content (AvgIpc) is 3.12. The van der Waals surface area contributed by atoms with Crippen LogP contribution < -0.4 is 0 Å². The van der Waals surface area contributed by atoms with Crippen molar-refractivity contribution < 1.29 is 9.59 Å². The highest BCUT2D eigenvalue weighted by atomic mass is 32.1. The van der Waals surface area contributed by atoms with E-state index in [0.29, 0.717) is 36.5 Å². The number of benzene rings is 1. The predicted molar refractivity (Wildman–Crippen MR) is 103 cm³/mol. The Labute approximate surface area is 158 Å². The zero-order valence-electron chi connectivity index (χ0n) is 15.1. The van der Waals surface area contributed by atoms with Crippen molar-refractivity contribution in [2.45, 2.75) is 20.3 Å². The van der Waals surface area contributed by atoms with Crippen LogP contribution in [0.1, 0.15) is 30.6 Å². The standard InChI is InChI=1S/C19H24N4O2S/c1-3-14(2)17(24)21-10-12-22(13-11-21)18(25)15-4-6-16(7-5-15)23-9-8-20-19(23)26/h4-9,14H,3,10-13H2,1-2H3,(H,20,26). The van der Waals surface area contributed by atoms with E-state index in [-0.39, 0.29) is 17.7 Å². The number of rotatable bonds is 4. The van der Waals surface area contributed by atoms with E-state index >= 15 is 0 Å². The van der Waals surface area contributed by atoms with Gasteiger partial charge in [0.25, 0.3) is 5.91 Å². The van der Waals surface area contributed by atoms with Gasteiger partial charge < -0.3 is 14.8 Å². The minimum absolute atomic E-state index is 0.00449. The Bertz CT molecular complexity index is 832. The molecule has 1 aromatic heterocycles. The molecular formula is C19H24N4O2S. The van der Waals surface area contributed by atoms with Gasteiger partial charge in [-0.15, -0.1) is 0 Å². The van der Waals surface area contributed by atoms with Crippen LogP contribution in [0.25, 0.3) is 5.69 Å². The molecule has 138 valence electrons. The van der Waals surface area contributed by atoms with Crippen LogP contribution in [-0.2, 0) is 4.79 Å². The van der Waals surface area contributed by atoms with Crippen LogP contribution in [0.3, 0.4) is 0 Å². The number of H-pyrrole nitrogens is 1. The Morgan fingerprint density at radius 1 is 1.12 bits per heavy atom. The fourth-order valence-electron chi connectivity index (χ4n) is 3.09. The minimum Gasteiger partial charge on any atom is -0.339 e. The molecule has 1 aliphatic rings. The van der Waals surface area contributed by atoms with E-state index in [1.807, 2.05) is 58.7 Å². The third-order valence-corrected chi connectivity index (χ3v) is 5.27.